The maximum atomic E-state index is 12.0. The number of nitrogens with one attached hydrogen (secondary N) is 1. The average molecular weight is 297 g/mol. The van der Waals surface area contributed by atoms with Gasteiger partial charge in [-0.3, -0.25) is 0 Å². The fraction of sp³-hybridized carbons (Fsp3) is 0.429. The molecule has 0 aliphatic heterocycles. The smallest absolute Gasteiger partial charge is 0.390 e. The molecule has 2 aromatic rings. The first-order valence-electron chi connectivity index (χ1n) is 6.55. The molecule has 0 bridgehead atoms. The summed E-state index contributed by atoms with van der Waals surface area (Å²) in [5, 5.41) is 0. The molecule has 3 rings (SSSR count). The van der Waals surface area contributed by atoms with Gasteiger partial charge < -0.3 is 12.4 Å². The molecular formula is C14H17ClN2OS. The van der Waals surface area contributed by atoms with E-state index in [0.717, 1.165) is 11.3 Å². The number of hydrogen-bond acceptors (Lipinski definition) is 2. The monoisotopic (exact) mass is 296 g/mol. The Morgan fingerprint density at radius 1 is 1.11 bits per heavy atom. The standard InChI is InChI=1S/C14H16N2OS.ClH/c17-14-13(11-7-3-1-4-8-11)16(18-15-14)12-9-5-2-6-10-12;/h1,3-4,7-8,12H,2,5-6,9-10H2;1H. The first kappa shape index (κ1) is 14.3. The Bertz CT molecular complexity index is 573. The van der Waals surface area contributed by atoms with Crippen molar-refractivity contribution in [1.82, 2.24) is 4.37 Å². The second kappa shape index (κ2) is 6.35. The molecule has 1 saturated carbocycles. The van der Waals surface area contributed by atoms with Crippen LogP contribution < -0.4 is 21.9 Å². The van der Waals surface area contributed by atoms with Crippen LogP contribution in [0.15, 0.2) is 35.1 Å². The molecule has 1 aromatic heterocycles. The van der Waals surface area contributed by atoms with Gasteiger partial charge in [0.15, 0.2) is 0 Å². The minimum Gasteiger partial charge on any atom is -1.00 e. The van der Waals surface area contributed by atoms with Gasteiger partial charge in [0, 0.05) is 5.56 Å². The van der Waals surface area contributed by atoms with Crippen molar-refractivity contribution in [1.29, 1.82) is 0 Å². The molecule has 1 N–H and O–H groups in total. The molecule has 3 nitrogen and oxygen atoms in total. The summed E-state index contributed by atoms with van der Waals surface area (Å²) in [6.07, 6.45) is 6.27. The van der Waals surface area contributed by atoms with E-state index in [4.69, 9.17) is 0 Å². The fourth-order valence-corrected chi connectivity index (χ4v) is 3.63. The number of H-pyrrole nitrogens is 1. The van der Waals surface area contributed by atoms with Gasteiger partial charge >= 0.3 is 5.56 Å². The lowest BCUT2D eigenvalue weighted by atomic mass is 9.95. The van der Waals surface area contributed by atoms with Crippen LogP contribution in [0.25, 0.3) is 11.3 Å². The molecule has 0 unspecified atom stereocenters. The molecule has 1 aliphatic rings. The van der Waals surface area contributed by atoms with Gasteiger partial charge in [-0.25, -0.2) is 4.79 Å². The number of aromatic nitrogens is 2. The summed E-state index contributed by atoms with van der Waals surface area (Å²) in [4.78, 5) is 12.0. The molecule has 1 aromatic carbocycles. The molecule has 1 fully saturated rings. The van der Waals surface area contributed by atoms with Crippen molar-refractivity contribution in [2.45, 2.75) is 38.1 Å². The Hall–Kier alpha value is -1.13. The second-order valence-electron chi connectivity index (χ2n) is 4.85. The molecule has 1 aliphatic carbocycles. The first-order chi connectivity index (χ1) is 8.86. The van der Waals surface area contributed by atoms with Crippen LogP contribution in [0.4, 0.5) is 0 Å². The minimum atomic E-state index is 0. The summed E-state index contributed by atoms with van der Waals surface area (Å²) in [5.74, 6) is 0. The van der Waals surface area contributed by atoms with Crippen molar-refractivity contribution >= 4 is 11.7 Å². The maximum Gasteiger partial charge on any atom is 0.390 e. The SMILES string of the molecule is O=c1[nH]s[n+](C2CCCCC2)c1-c1ccccc1.[Cl-]. The highest BCUT2D eigenvalue weighted by atomic mass is 35.5. The highest BCUT2D eigenvalue weighted by Crippen LogP contribution is 2.26. The van der Waals surface area contributed by atoms with E-state index in [1.807, 2.05) is 30.3 Å². The number of benzene rings is 1. The fourth-order valence-electron chi connectivity index (χ4n) is 2.71. The summed E-state index contributed by atoms with van der Waals surface area (Å²) in [6.45, 7) is 0. The third-order valence-corrected chi connectivity index (χ3v) is 4.58. The largest absolute Gasteiger partial charge is 1.00 e. The zero-order valence-electron chi connectivity index (χ0n) is 10.6. The third-order valence-electron chi connectivity index (χ3n) is 3.63. The van der Waals surface area contributed by atoms with Crippen molar-refractivity contribution in [3.63, 3.8) is 0 Å². The van der Waals surface area contributed by atoms with E-state index in [2.05, 4.69) is 8.33 Å². The number of halogens is 1. The lowest BCUT2D eigenvalue weighted by molar-refractivity contribution is -0.651. The lowest BCUT2D eigenvalue weighted by Crippen LogP contribution is -3.00. The highest BCUT2D eigenvalue weighted by Gasteiger charge is 2.27. The van der Waals surface area contributed by atoms with Gasteiger partial charge in [-0.05, 0) is 25.7 Å². The highest BCUT2D eigenvalue weighted by molar-refractivity contribution is 6.94. The summed E-state index contributed by atoms with van der Waals surface area (Å²) in [6, 6.07) is 10.5. The zero-order valence-corrected chi connectivity index (χ0v) is 12.2. The summed E-state index contributed by atoms with van der Waals surface area (Å²) in [5.41, 5.74) is 1.88. The third kappa shape index (κ3) is 2.90. The molecule has 0 saturated heterocycles. The van der Waals surface area contributed by atoms with E-state index in [9.17, 15) is 4.79 Å². The topological polar surface area (TPSA) is 36.7 Å². The molecule has 0 amide bonds. The summed E-state index contributed by atoms with van der Waals surface area (Å²) < 4.78 is 5.07. The van der Waals surface area contributed by atoms with Crippen molar-refractivity contribution < 1.29 is 16.4 Å². The van der Waals surface area contributed by atoms with Crippen LogP contribution in [0.5, 0.6) is 0 Å². The molecule has 0 atom stereocenters. The molecule has 19 heavy (non-hydrogen) atoms. The average Bonchev–Trinajstić information content (AvgIpc) is 2.83. The van der Waals surface area contributed by atoms with Gasteiger partial charge in [0.05, 0.1) is 0 Å². The maximum absolute atomic E-state index is 12.0. The Morgan fingerprint density at radius 2 is 1.79 bits per heavy atom. The summed E-state index contributed by atoms with van der Waals surface area (Å²) >= 11 is 1.46. The Morgan fingerprint density at radius 3 is 2.47 bits per heavy atom. The van der Waals surface area contributed by atoms with E-state index in [1.54, 1.807) is 0 Å². The van der Waals surface area contributed by atoms with Gasteiger partial charge in [0.25, 0.3) is 0 Å². The van der Waals surface area contributed by atoms with Gasteiger partial charge in [-0.2, -0.15) is 8.33 Å². The zero-order chi connectivity index (χ0) is 12.4. The van der Waals surface area contributed by atoms with Gasteiger partial charge in [0.2, 0.25) is 17.4 Å². The molecule has 0 spiro atoms. The predicted molar refractivity (Wildman–Crippen MR) is 72.7 cm³/mol. The minimum absolute atomic E-state index is 0. The number of nitrogens with zero attached hydrogens (tertiary/aromatic N) is 1. The molecule has 1 heterocycles. The lowest BCUT2D eigenvalue weighted by Gasteiger charge is -2.18. The van der Waals surface area contributed by atoms with Crippen LogP contribution in [0, 0.1) is 0 Å². The van der Waals surface area contributed by atoms with E-state index in [0.29, 0.717) is 6.04 Å². The van der Waals surface area contributed by atoms with Crippen LogP contribution in [0.2, 0.25) is 0 Å². The number of aromatic amines is 1. The normalized spacial score (nSPS) is 16.0. The van der Waals surface area contributed by atoms with Crippen LogP contribution >= 0.6 is 11.7 Å². The quantitative estimate of drug-likeness (QED) is 0.772. The molecular weight excluding hydrogens is 280 g/mol. The van der Waals surface area contributed by atoms with Crippen LogP contribution in [0.3, 0.4) is 0 Å². The van der Waals surface area contributed by atoms with Crippen molar-refractivity contribution in [2.75, 3.05) is 0 Å². The Kier molecular flexibility index (Phi) is 4.77. The van der Waals surface area contributed by atoms with Gasteiger partial charge in [-0.15, -0.1) is 0 Å². The molecule has 5 heteroatoms. The van der Waals surface area contributed by atoms with E-state index in [1.165, 1.54) is 43.8 Å². The van der Waals surface area contributed by atoms with E-state index in [-0.39, 0.29) is 18.0 Å². The molecule has 102 valence electrons. The van der Waals surface area contributed by atoms with Crippen molar-refractivity contribution in [2.24, 2.45) is 0 Å². The van der Waals surface area contributed by atoms with E-state index >= 15 is 0 Å². The second-order valence-corrected chi connectivity index (χ2v) is 5.63. The Labute approximate surface area is 123 Å². The number of hydrogen-bond donors (Lipinski definition) is 1. The summed E-state index contributed by atoms with van der Waals surface area (Å²) in [7, 11) is 0. The van der Waals surface area contributed by atoms with Crippen LogP contribution in [-0.4, -0.2) is 4.37 Å². The van der Waals surface area contributed by atoms with E-state index < -0.39 is 0 Å². The molecule has 0 radical (unpaired) electrons. The van der Waals surface area contributed by atoms with Crippen molar-refractivity contribution in [3.8, 4) is 11.3 Å². The predicted octanol–water partition coefficient (Wildman–Crippen LogP) is -0.0999. The van der Waals surface area contributed by atoms with Crippen LogP contribution in [-0.2, 0) is 0 Å². The van der Waals surface area contributed by atoms with Crippen molar-refractivity contribution in [3.05, 3.63) is 40.7 Å². The van der Waals surface area contributed by atoms with Crippen LogP contribution in [0.1, 0.15) is 38.1 Å². The number of rotatable bonds is 2. The van der Waals surface area contributed by atoms with Gasteiger partial charge in [-0.1, -0.05) is 36.8 Å². The van der Waals surface area contributed by atoms with Gasteiger partial charge in [0.1, 0.15) is 6.04 Å². The first-order valence-corrected chi connectivity index (χ1v) is 7.32. The Balaban J connectivity index is 0.00000133.